The molecular weight excluding hydrogens is 168 g/mol. The van der Waals surface area contributed by atoms with Gasteiger partial charge in [0.05, 0.1) is 7.11 Å². The second-order valence-electron chi connectivity index (χ2n) is 2.68. The van der Waals surface area contributed by atoms with Crippen molar-refractivity contribution in [2.45, 2.75) is 20.8 Å². The number of nitrogens with zero attached hydrogens (tertiary/aromatic N) is 1. The third-order valence-corrected chi connectivity index (χ3v) is 1.90. The second kappa shape index (κ2) is 5.24. The number of ether oxygens (including phenoxy) is 1. The van der Waals surface area contributed by atoms with E-state index in [2.05, 4.69) is 10.6 Å². The summed E-state index contributed by atoms with van der Waals surface area (Å²) in [5.41, 5.74) is 7.76. The molecule has 0 bridgehead atoms. The van der Waals surface area contributed by atoms with E-state index < -0.39 is 0 Å². The van der Waals surface area contributed by atoms with E-state index >= 15 is 0 Å². The minimum atomic E-state index is 0.956. The Kier molecular flexibility index (Phi) is 4.66. The van der Waals surface area contributed by atoms with Crippen LogP contribution in [-0.4, -0.2) is 12.1 Å². The number of aromatic nitrogens is 1. The first kappa shape index (κ1) is 11.6. The van der Waals surface area contributed by atoms with Crippen molar-refractivity contribution < 1.29 is 4.74 Å². The van der Waals surface area contributed by atoms with Crippen molar-refractivity contribution in [2.24, 2.45) is 0 Å². The maximum Gasteiger partial charge on any atom is 0.128 e. The fraction of sp³-hybridized carbons (Fsp3) is 0.444. The number of nitrogens with one attached hydrogen (secondary N) is 1. The molecule has 0 fully saturated rings. The summed E-state index contributed by atoms with van der Waals surface area (Å²) in [6.07, 6.45) is 1.83. The fourth-order valence-electron chi connectivity index (χ4n) is 1.12. The van der Waals surface area contributed by atoms with E-state index in [0.29, 0.717) is 0 Å². The number of pyridine rings is 1. The molecule has 0 saturated carbocycles. The second-order valence-corrected chi connectivity index (χ2v) is 2.68. The molecule has 0 radical (unpaired) electrons. The van der Waals surface area contributed by atoms with Crippen molar-refractivity contribution in [3.8, 4) is 5.75 Å². The Balaban J connectivity index is 0.000000671. The highest BCUT2D eigenvalue weighted by molar-refractivity contribution is 5.40. The van der Waals surface area contributed by atoms with Gasteiger partial charge in [0, 0.05) is 23.0 Å². The quantitative estimate of drug-likeness (QED) is 0.678. The van der Waals surface area contributed by atoms with Crippen LogP contribution in [0.4, 0.5) is 0 Å². The summed E-state index contributed by atoms with van der Waals surface area (Å²) >= 11 is 0. The number of hydrogen-bond donors (Lipinski definition) is 1. The highest BCUT2D eigenvalue weighted by Gasteiger charge is 2.04. The summed E-state index contributed by atoms with van der Waals surface area (Å²) in [5, 5.41) is 0. The molecule has 0 aliphatic carbocycles. The van der Waals surface area contributed by atoms with Gasteiger partial charge in [0.25, 0.3) is 0 Å². The number of rotatable bonds is 1. The van der Waals surface area contributed by atoms with Crippen LogP contribution in [0.2, 0.25) is 0 Å². The molecule has 0 aromatic carbocycles. The largest absolute Gasteiger partial charge is 0.496 e. The molecule has 1 aromatic rings. The van der Waals surface area contributed by atoms with Gasteiger partial charge in [-0.25, -0.2) is 0 Å². The lowest BCUT2D eigenvalue weighted by atomic mass is 10.1. The van der Waals surface area contributed by atoms with Crippen molar-refractivity contribution in [3.05, 3.63) is 27.9 Å². The van der Waals surface area contributed by atoms with Crippen molar-refractivity contribution in [2.75, 3.05) is 7.11 Å². The molecule has 0 saturated heterocycles. The Morgan fingerprint density at radius 2 is 1.85 bits per heavy atom. The Bertz CT molecular complexity index is 287. The molecule has 1 rings (SSSR count). The molecule has 0 spiro atoms. The summed E-state index contributed by atoms with van der Waals surface area (Å²) in [7, 11) is 1.69. The minimum Gasteiger partial charge on any atom is -0.496 e. The highest BCUT2D eigenvalue weighted by Crippen LogP contribution is 2.22. The van der Waals surface area contributed by atoms with Crippen molar-refractivity contribution in [1.82, 2.24) is 4.98 Å². The lowest BCUT2D eigenvalue weighted by Gasteiger charge is -2.08. The van der Waals surface area contributed by atoms with Gasteiger partial charge in [-0.15, -0.1) is 0 Å². The SMILES string of the molecule is COc1c(C)cnc(C)c1C.N=O. The molecule has 1 N–H and O–H groups in total. The number of methoxy groups -OCH3 is 1. The zero-order chi connectivity index (χ0) is 10.4. The Morgan fingerprint density at radius 3 is 2.23 bits per heavy atom. The molecule has 0 aliphatic rings. The van der Waals surface area contributed by atoms with Gasteiger partial charge < -0.3 is 4.74 Å². The van der Waals surface area contributed by atoms with Crippen LogP contribution in [0.15, 0.2) is 6.20 Å². The average Bonchev–Trinajstić information content (AvgIpc) is 2.16. The van der Waals surface area contributed by atoms with E-state index in [9.17, 15) is 0 Å². The number of hydrogen-bond acceptors (Lipinski definition) is 4. The molecule has 0 aliphatic heterocycles. The van der Waals surface area contributed by atoms with E-state index in [4.69, 9.17) is 9.64 Å². The number of aryl methyl sites for hydroxylation is 2. The molecule has 0 atom stereocenters. The number of nitroso groups, excluding NO2 is 1. The van der Waals surface area contributed by atoms with Crippen LogP contribution >= 0.6 is 0 Å². The molecule has 72 valence electrons. The molecule has 4 nitrogen and oxygen atoms in total. The van der Waals surface area contributed by atoms with Crippen LogP contribution in [0.3, 0.4) is 0 Å². The smallest absolute Gasteiger partial charge is 0.128 e. The first-order valence-corrected chi connectivity index (χ1v) is 3.84. The third-order valence-electron chi connectivity index (χ3n) is 1.90. The minimum absolute atomic E-state index is 0.956. The summed E-state index contributed by atoms with van der Waals surface area (Å²) in [5.74, 6) is 0.956. The van der Waals surface area contributed by atoms with Crippen LogP contribution in [-0.2, 0) is 0 Å². The predicted octanol–water partition coefficient (Wildman–Crippen LogP) is 2.35. The van der Waals surface area contributed by atoms with E-state index in [1.165, 1.54) is 0 Å². The molecule has 4 heteroatoms. The van der Waals surface area contributed by atoms with Crippen LogP contribution in [0.25, 0.3) is 0 Å². The molecule has 1 heterocycles. The summed E-state index contributed by atoms with van der Waals surface area (Å²) in [6, 6.07) is 0. The van der Waals surface area contributed by atoms with Gasteiger partial charge in [-0.2, -0.15) is 4.91 Å². The summed E-state index contributed by atoms with van der Waals surface area (Å²) in [6.45, 7) is 6.00. The van der Waals surface area contributed by atoms with Crippen molar-refractivity contribution in [1.29, 1.82) is 5.59 Å². The van der Waals surface area contributed by atoms with Gasteiger partial charge in [0.15, 0.2) is 0 Å². The Morgan fingerprint density at radius 1 is 1.31 bits per heavy atom. The monoisotopic (exact) mass is 182 g/mol. The normalized spacial score (nSPS) is 8.62. The molecule has 0 unspecified atom stereocenters. The summed E-state index contributed by atoms with van der Waals surface area (Å²) in [4.78, 5) is 11.7. The topological polar surface area (TPSA) is 63.0 Å². The van der Waals surface area contributed by atoms with Crippen molar-refractivity contribution >= 4 is 0 Å². The molecule has 1 aromatic heterocycles. The maximum absolute atomic E-state index is 7.50. The van der Waals surface area contributed by atoms with Crippen LogP contribution in [0, 0.1) is 31.3 Å². The van der Waals surface area contributed by atoms with Gasteiger partial charge in [-0.1, -0.05) is 5.59 Å². The van der Waals surface area contributed by atoms with Crippen molar-refractivity contribution in [3.63, 3.8) is 0 Å². The maximum atomic E-state index is 7.50. The van der Waals surface area contributed by atoms with Gasteiger partial charge in [-0.3, -0.25) is 4.98 Å². The first-order chi connectivity index (χ1) is 6.16. The van der Waals surface area contributed by atoms with E-state index in [1.807, 2.05) is 27.0 Å². The zero-order valence-corrected chi connectivity index (χ0v) is 8.34. The van der Waals surface area contributed by atoms with Gasteiger partial charge in [0.1, 0.15) is 5.75 Å². The lowest BCUT2D eigenvalue weighted by molar-refractivity contribution is 0.407. The Hall–Kier alpha value is -1.45. The predicted molar refractivity (Wildman–Crippen MR) is 51.1 cm³/mol. The van der Waals surface area contributed by atoms with Crippen LogP contribution < -0.4 is 4.74 Å². The van der Waals surface area contributed by atoms with Gasteiger partial charge >= 0.3 is 0 Å². The van der Waals surface area contributed by atoms with E-state index in [1.54, 1.807) is 7.11 Å². The third kappa shape index (κ3) is 2.50. The zero-order valence-electron chi connectivity index (χ0n) is 8.34. The first-order valence-electron chi connectivity index (χ1n) is 3.84. The standard InChI is InChI=1S/C9H13NO.HNO/c1-6-5-10-8(3)7(2)9(6)11-4;1-2/h5H,1-4H3;1H. The van der Waals surface area contributed by atoms with E-state index in [0.717, 1.165) is 22.6 Å². The van der Waals surface area contributed by atoms with Gasteiger partial charge in [0.2, 0.25) is 0 Å². The molecular formula is C9H14N2O2. The fourth-order valence-corrected chi connectivity index (χ4v) is 1.12. The molecule has 0 amide bonds. The van der Waals surface area contributed by atoms with Gasteiger partial charge in [-0.05, 0) is 20.8 Å². The lowest BCUT2D eigenvalue weighted by Crippen LogP contribution is -1.95. The van der Waals surface area contributed by atoms with Crippen LogP contribution in [0.1, 0.15) is 16.8 Å². The molecule has 13 heavy (non-hydrogen) atoms. The Labute approximate surface area is 77.7 Å². The van der Waals surface area contributed by atoms with Crippen LogP contribution in [0.5, 0.6) is 5.75 Å². The average molecular weight is 182 g/mol. The summed E-state index contributed by atoms with van der Waals surface area (Å²) < 4.78 is 5.22. The highest BCUT2D eigenvalue weighted by atomic mass is 16.5. The van der Waals surface area contributed by atoms with E-state index in [-0.39, 0.29) is 0 Å².